The topological polar surface area (TPSA) is 84.0 Å². The number of carbonyl (C=O) groups is 2. The van der Waals surface area contributed by atoms with E-state index >= 15 is 0 Å². The predicted molar refractivity (Wildman–Crippen MR) is 83.1 cm³/mol. The molecule has 108 valence electrons. The van der Waals surface area contributed by atoms with Crippen LogP contribution in [0.3, 0.4) is 0 Å². The van der Waals surface area contributed by atoms with Crippen molar-refractivity contribution in [3.8, 4) is 0 Å². The molecular weight excluding hydrogens is 288 g/mol. The van der Waals surface area contributed by atoms with E-state index in [9.17, 15) is 9.59 Å². The van der Waals surface area contributed by atoms with E-state index < -0.39 is 0 Å². The minimum absolute atomic E-state index is 0.144. The number of para-hydroxylation sites is 1. The van der Waals surface area contributed by atoms with Gasteiger partial charge in [-0.3, -0.25) is 14.9 Å². The third-order valence-electron chi connectivity index (χ3n) is 2.34. The largest absolute Gasteiger partial charge is 0.325 e. The third-order valence-corrected chi connectivity index (χ3v) is 3.27. The second-order valence-electron chi connectivity index (χ2n) is 4.03. The van der Waals surface area contributed by atoms with Crippen LogP contribution < -0.4 is 10.6 Å². The Morgan fingerprint density at radius 2 is 1.52 bits per heavy atom. The van der Waals surface area contributed by atoms with Gasteiger partial charge in [-0.05, 0) is 18.2 Å². The number of amides is 2. The number of aromatic nitrogens is 2. The van der Waals surface area contributed by atoms with E-state index in [1.54, 1.807) is 18.5 Å². The average Bonchev–Trinajstić information content (AvgIpc) is 2.49. The number of anilines is 2. The second-order valence-corrected chi connectivity index (χ2v) is 5.01. The molecule has 0 aliphatic carbocycles. The fourth-order valence-corrected chi connectivity index (χ4v) is 2.10. The monoisotopic (exact) mass is 302 g/mol. The van der Waals surface area contributed by atoms with Crippen LogP contribution >= 0.6 is 11.8 Å². The van der Waals surface area contributed by atoms with Gasteiger partial charge in [0, 0.05) is 18.1 Å². The van der Waals surface area contributed by atoms with Gasteiger partial charge in [0.05, 0.1) is 11.5 Å². The van der Waals surface area contributed by atoms with E-state index in [1.807, 2.05) is 30.3 Å². The van der Waals surface area contributed by atoms with E-state index in [1.165, 1.54) is 11.8 Å². The molecule has 0 fully saturated rings. The zero-order valence-corrected chi connectivity index (χ0v) is 12.0. The molecule has 1 aromatic heterocycles. The fraction of sp³-hybridized carbons (Fsp3) is 0.143. The van der Waals surface area contributed by atoms with E-state index in [-0.39, 0.29) is 29.3 Å². The Balaban J connectivity index is 1.67. The van der Waals surface area contributed by atoms with Crippen molar-refractivity contribution in [3.63, 3.8) is 0 Å². The SMILES string of the molecule is O=C(CSCC(=O)Nc1ncccn1)Nc1ccccc1. The number of hydrogen-bond donors (Lipinski definition) is 2. The quantitative estimate of drug-likeness (QED) is 0.850. The molecule has 2 amide bonds. The molecule has 0 bridgehead atoms. The van der Waals surface area contributed by atoms with Gasteiger partial charge in [-0.15, -0.1) is 11.8 Å². The summed E-state index contributed by atoms with van der Waals surface area (Å²) in [6.07, 6.45) is 3.09. The third kappa shape index (κ3) is 5.62. The van der Waals surface area contributed by atoms with Crippen molar-refractivity contribution in [1.82, 2.24) is 9.97 Å². The van der Waals surface area contributed by atoms with Gasteiger partial charge in [-0.25, -0.2) is 9.97 Å². The van der Waals surface area contributed by atoms with Gasteiger partial charge in [0.15, 0.2) is 0 Å². The van der Waals surface area contributed by atoms with Crippen LogP contribution in [-0.4, -0.2) is 33.3 Å². The standard InChI is InChI=1S/C14H14N4O2S/c19-12(17-11-5-2-1-3-6-11)9-21-10-13(20)18-14-15-7-4-8-16-14/h1-8H,9-10H2,(H,17,19)(H,15,16,18,20). The van der Waals surface area contributed by atoms with E-state index in [0.29, 0.717) is 0 Å². The summed E-state index contributed by atoms with van der Waals surface area (Å²) in [4.78, 5) is 31.0. The van der Waals surface area contributed by atoms with Gasteiger partial charge in [-0.1, -0.05) is 18.2 Å². The number of hydrogen-bond acceptors (Lipinski definition) is 5. The van der Waals surface area contributed by atoms with E-state index in [4.69, 9.17) is 0 Å². The summed E-state index contributed by atoms with van der Waals surface area (Å²) in [5.41, 5.74) is 0.741. The normalized spacial score (nSPS) is 9.90. The molecule has 1 heterocycles. The van der Waals surface area contributed by atoms with Gasteiger partial charge in [0.1, 0.15) is 0 Å². The Kier molecular flexibility index (Phi) is 5.71. The molecule has 21 heavy (non-hydrogen) atoms. The van der Waals surface area contributed by atoms with Crippen molar-refractivity contribution in [3.05, 3.63) is 48.8 Å². The number of nitrogens with zero attached hydrogens (tertiary/aromatic N) is 2. The number of benzene rings is 1. The zero-order chi connectivity index (χ0) is 14.9. The van der Waals surface area contributed by atoms with E-state index in [2.05, 4.69) is 20.6 Å². The van der Waals surface area contributed by atoms with Crippen molar-refractivity contribution in [2.75, 3.05) is 22.1 Å². The van der Waals surface area contributed by atoms with Crippen molar-refractivity contribution >= 4 is 35.2 Å². The molecule has 1 aromatic carbocycles. The second kappa shape index (κ2) is 8.01. The van der Waals surface area contributed by atoms with Gasteiger partial charge in [-0.2, -0.15) is 0 Å². The fourth-order valence-electron chi connectivity index (χ4n) is 1.48. The first-order valence-electron chi connectivity index (χ1n) is 6.23. The molecule has 2 rings (SSSR count). The smallest absolute Gasteiger partial charge is 0.236 e. The maximum atomic E-state index is 11.7. The van der Waals surface area contributed by atoms with Crippen LogP contribution in [0.1, 0.15) is 0 Å². The number of carbonyl (C=O) groups excluding carboxylic acids is 2. The first-order valence-corrected chi connectivity index (χ1v) is 7.39. The molecule has 0 saturated carbocycles. The van der Waals surface area contributed by atoms with Gasteiger partial charge in [0.25, 0.3) is 0 Å². The predicted octanol–water partition coefficient (Wildman–Crippen LogP) is 1.79. The average molecular weight is 302 g/mol. The Morgan fingerprint density at radius 3 is 2.19 bits per heavy atom. The minimum Gasteiger partial charge on any atom is -0.325 e. The van der Waals surface area contributed by atoms with Gasteiger partial charge in [0.2, 0.25) is 17.8 Å². The lowest BCUT2D eigenvalue weighted by molar-refractivity contribution is -0.114. The maximum absolute atomic E-state index is 11.7. The summed E-state index contributed by atoms with van der Waals surface area (Å²) >= 11 is 1.23. The Hall–Kier alpha value is -2.41. The molecule has 6 nitrogen and oxygen atoms in total. The lowest BCUT2D eigenvalue weighted by atomic mass is 10.3. The van der Waals surface area contributed by atoms with Crippen LogP contribution in [0.2, 0.25) is 0 Å². The van der Waals surface area contributed by atoms with Crippen molar-refractivity contribution in [1.29, 1.82) is 0 Å². The highest BCUT2D eigenvalue weighted by molar-refractivity contribution is 8.00. The van der Waals surface area contributed by atoms with Gasteiger partial charge < -0.3 is 5.32 Å². The lowest BCUT2D eigenvalue weighted by Gasteiger charge is -2.05. The highest BCUT2D eigenvalue weighted by atomic mass is 32.2. The molecule has 0 aliphatic rings. The maximum Gasteiger partial charge on any atom is 0.236 e. The molecule has 2 aromatic rings. The molecular formula is C14H14N4O2S. The van der Waals surface area contributed by atoms with Crippen LogP contribution in [0.5, 0.6) is 0 Å². The van der Waals surface area contributed by atoms with Crippen molar-refractivity contribution in [2.45, 2.75) is 0 Å². The first kappa shape index (κ1) is 15.0. The van der Waals surface area contributed by atoms with E-state index in [0.717, 1.165) is 5.69 Å². The summed E-state index contributed by atoms with van der Waals surface area (Å²) in [6.45, 7) is 0. The number of rotatable bonds is 6. The van der Waals surface area contributed by atoms with Gasteiger partial charge >= 0.3 is 0 Å². The Bertz CT molecular complexity index is 539. The van der Waals surface area contributed by atoms with Crippen LogP contribution in [-0.2, 0) is 9.59 Å². The van der Waals surface area contributed by atoms with Crippen LogP contribution in [0, 0.1) is 0 Å². The number of thioether (sulfide) groups is 1. The van der Waals surface area contributed by atoms with Crippen LogP contribution in [0.4, 0.5) is 11.6 Å². The molecule has 0 aliphatic heterocycles. The molecule has 0 radical (unpaired) electrons. The first-order chi connectivity index (χ1) is 10.2. The van der Waals surface area contributed by atoms with Crippen molar-refractivity contribution in [2.24, 2.45) is 0 Å². The highest BCUT2D eigenvalue weighted by Gasteiger charge is 2.07. The zero-order valence-electron chi connectivity index (χ0n) is 11.2. The summed E-state index contributed by atoms with van der Waals surface area (Å²) in [7, 11) is 0. The molecule has 7 heteroatoms. The summed E-state index contributed by atoms with van der Waals surface area (Å²) in [5, 5.41) is 5.30. The van der Waals surface area contributed by atoms with Crippen LogP contribution in [0.25, 0.3) is 0 Å². The molecule has 0 atom stereocenters. The molecule has 0 spiro atoms. The Morgan fingerprint density at radius 1 is 0.905 bits per heavy atom. The summed E-state index contributed by atoms with van der Waals surface area (Å²) < 4.78 is 0. The number of nitrogens with one attached hydrogen (secondary N) is 2. The Labute approximate surface area is 126 Å². The summed E-state index contributed by atoms with van der Waals surface area (Å²) in [5.74, 6) is 0.254. The van der Waals surface area contributed by atoms with Crippen molar-refractivity contribution < 1.29 is 9.59 Å². The molecule has 0 unspecified atom stereocenters. The molecule has 0 saturated heterocycles. The van der Waals surface area contributed by atoms with Crippen LogP contribution in [0.15, 0.2) is 48.8 Å². The molecule has 2 N–H and O–H groups in total. The minimum atomic E-state index is -0.237. The summed E-state index contributed by atoms with van der Waals surface area (Å²) in [6, 6.07) is 10.8. The highest BCUT2D eigenvalue weighted by Crippen LogP contribution is 2.07. The lowest BCUT2D eigenvalue weighted by Crippen LogP contribution is -2.19.